The number of sulfonamides is 1. The van der Waals surface area contributed by atoms with Crippen LogP contribution in [0.5, 0.6) is 0 Å². The van der Waals surface area contributed by atoms with E-state index in [1.54, 1.807) is 17.4 Å². The summed E-state index contributed by atoms with van der Waals surface area (Å²) in [6.45, 7) is 0.0936. The van der Waals surface area contributed by atoms with Crippen LogP contribution in [-0.4, -0.2) is 8.42 Å². The lowest BCUT2D eigenvalue weighted by Crippen LogP contribution is -2.22. The summed E-state index contributed by atoms with van der Waals surface area (Å²) in [6.07, 6.45) is 0. The summed E-state index contributed by atoms with van der Waals surface area (Å²) < 4.78 is 32.5. The van der Waals surface area contributed by atoms with Crippen LogP contribution in [0.2, 0.25) is 5.02 Å². The summed E-state index contributed by atoms with van der Waals surface area (Å²) in [5.41, 5.74) is 0. The molecule has 0 bridgehead atoms. The third-order valence-electron chi connectivity index (χ3n) is 2.99. The molecular weight excluding hydrogens is 342 g/mol. The monoisotopic (exact) mass is 353 g/mol. The Morgan fingerprint density at radius 3 is 2.55 bits per heavy atom. The van der Waals surface area contributed by atoms with Gasteiger partial charge in [0.05, 0.1) is 16.3 Å². The van der Waals surface area contributed by atoms with Gasteiger partial charge in [-0.2, -0.15) is 0 Å². The minimum Gasteiger partial charge on any atom is -0.459 e. The number of benzene rings is 1. The highest BCUT2D eigenvalue weighted by molar-refractivity contribution is 7.89. The van der Waals surface area contributed by atoms with Gasteiger partial charge in [0, 0.05) is 5.02 Å². The zero-order chi connectivity index (χ0) is 15.6. The van der Waals surface area contributed by atoms with Crippen LogP contribution in [-0.2, 0) is 16.6 Å². The van der Waals surface area contributed by atoms with Crippen molar-refractivity contribution >= 4 is 33.0 Å². The van der Waals surface area contributed by atoms with Crippen LogP contribution < -0.4 is 4.72 Å². The first-order valence-electron chi connectivity index (χ1n) is 6.42. The summed E-state index contributed by atoms with van der Waals surface area (Å²) >= 11 is 7.32. The van der Waals surface area contributed by atoms with Crippen LogP contribution >= 0.6 is 22.9 Å². The van der Waals surface area contributed by atoms with Gasteiger partial charge in [0.2, 0.25) is 10.0 Å². The first kappa shape index (κ1) is 15.3. The molecule has 0 amide bonds. The molecule has 0 saturated heterocycles. The van der Waals surface area contributed by atoms with Gasteiger partial charge in [-0.05, 0) is 47.8 Å². The quantitative estimate of drug-likeness (QED) is 0.749. The Balaban J connectivity index is 1.71. The van der Waals surface area contributed by atoms with Crippen molar-refractivity contribution in [2.75, 3.05) is 0 Å². The number of rotatable bonds is 5. The second-order valence-corrected chi connectivity index (χ2v) is 7.67. The Labute approximate surface area is 137 Å². The Hall–Kier alpha value is -1.60. The van der Waals surface area contributed by atoms with Crippen LogP contribution in [0.25, 0.3) is 10.6 Å². The predicted molar refractivity (Wildman–Crippen MR) is 87.5 cm³/mol. The number of halogens is 1. The van der Waals surface area contributed by atoms with E-state index in [4.69, 9.17) is 16.0 Å². The number of furan rings is 1. The van der Waals surface area contributed by atoms with Crippen LogP contribution in [0.15, 0.2) is 63.2 Å². The summed E-state index contributed by atoms with van der Waals surface area (Å²) in [7, 11) is -3.59. The summed E-state index contributed by atoms with van der Waals surface area (Å²) in [6, 6.07) is 13.5. The van der Waals surface area contributed by atoms with Crippen molar-refractivity contribution in [1.29, 1.82) is 0 Å². The molecule has 0 saturated carbocycles. The van der Waals surface area contributed by atoms with E-state index in [9.17, 15) is 8.42 Å². The minimum atomic E-state index is -3.59. The van der Waals surface area contributed by atoms with Crippen molar-refractivity contribution in [3.63, 3.8) is 0 Å². The van der Waals surface area contributed by atoms with Gasteiger partial charge in [0.15, 0.2) is 0 Å². The van der Waals surface area contributed by atoms with E-state index in [1.807, 2.05) is 23.6 Å². The number of hydrogen-bond acceptors (Lipinski definition) is 4. The lowest BCUT2D eigenvalue weighted by molar-refractivity contribution is 0.510. The molecule has 3 rings (SSSR count). The molecule has 2 heterocycles. The summed E-state index contributed by atoms with van der Waals surface area (Å²) in [5, 5.41) is 2.45. The lowest BCUT2D eigenvalue weighted by atomic mass is 10.3. The fourth-order valence-corrected chi connectivity index (χ4v) is 3.69. The smallest absolute Gasteiger partial charge is 0.240 e. The Kier molecular flexibility index (Phi) is 4.35. The maximum absolute atomic E-state index is 12.2. The highest BCUT2D eigenvalue weighted by Crippen LogP contribution is 2.26. The van der Waals surface area contributed by atoms with E-state index in [0.717, 1.165) is 10.6 Å². The minimum absolute atomic E-state index is 0.0936. The molecule has 0 radical (unpaired) electrons. The molecular formula is C15H12ClNO3S2. The molecule has 0 aliphatic carbocycles. The second kappa shape index (κ2) is 6.26. The van der Waals surface area contributed by atoms with Crippen molar-refractivity contribution in [1.82, 2.24) is 4.72 Å². The Morgan fingerprint density at radius 1 is 1.09 bits per heavy atom. The van der Waals surface area contributed by atoms with E-state index in [1.165, 1.54) is 24.3 Å². The van der Waals surface area contributed by atoms with Crippen LogP contribution in [0.1, 0.15) is 5.76 Å². The van der Waals surface area contributed by atoms with Crippen molar-refractivity contribution in [3.05, 3.63) is 64.7 Å². The molecule has 0 aliphatic rings. The average molecular weight is 354 g/mol. The van der Waals surface area contributed by atoms with Gasteiger partial charge < -0.3 is 4.42 Å². The third kappa shape index (κ3) is 3.41. The normalized spacial score (nSPS) is 11.7. The van der Waals surface area contributed by atoms with Crippen LogP contribution in [0, 0.1) is 0 Å². The molecule has 0 spiro atoms. The predicted octanol–water partition coefficient (Wildman–Crippen LogP) is 4.14. The van der Waals surface area contributed by atoms with E-state index in [-0.39, 0.29) is 11.4 Å². The first-order chi connectivity index (χ1) is 10.5. The zero-order valence-corrected chi connectivity index (χ0v) is 13.7. The highest BCUT2D eigenvalue weighted by atomic mass is 35.5. The molecule has 3 aromatic rings. The number of hydrogen-bond donors (Lipinski definition) is 1. The van der Waals surface area contributed by atoms with Crippen LogP contribution in [0.3, 0.4) is 0 Å². The lowest BCUT2D eigenvalue weighted by Gasteiger charge is -2.05. The van der Waals surface area contributed by atoms with Gasteiger partial charge in [0.1, 0.15) is 11.5 Å². The van der Waals surface area contributed by atoms with E-state index in [0.29, 0.717) is 10.8 Å². The van der Waals surface area contributed by atoms with Gasteiger partial charge in [-0.1, -0.05) is 17.7 Å². The van der Waals surface area contributed by atoms with E-state index >= 15 is 0 Å². The fourth-order valence-electron chi connectivity index (χ4n) is 1.89. The topological polar surface area (TPSA) is 59.3 Å². The van der Waals surface area contributed by atoms with Gasteiger partial charge in [-0.25, -0.2) is 13.1 Å². The fraction of sp³-hybridized carbons (Fsp3) is 0.0667. The molecule has 0 atom stereocenters. The largest absolute Gasteiger partial charge is 0.459 e. The van der Waals surface area contributed by atoms with Crippen LogP contribution in [0.4, 0.5) is 0 Å². The van der Waals surface area contributed by atoms with Crippen molar-refractivity contribution in [2.45, 2.75) is 11.4 Å². The van der Waals surface area contributed by atoms with Gasteiger partial charge in [0.25, 0.3) is 0 Å². The van der Waals surface area contributed by atoms with E-state index < -0.39 is 10.0 Å². The van der Waals surface area contributed by atoms with Crippen molar-refractivity contribution in [2.24, 2.45) is 0 Å². The van der Waals surface area contributed by atoms with E-state index in [2.05, 4.69) is 4.72 Å². The maximum atomic E-state index is 12.2. The molecule has 1 aromatic carbocycles. The summed E-state index contributed by atoms with van der Waals surface area (Å²) in [4.78, 5) is 1.17. The SMILES string of the molecule is O=S(=O)(NCc1ccc(-c2cccs2)o1)c1ccc(Cl)cc1. The first-order valence-corrected chi connectivity index (χ1v) is 9.16. The molecule has 4 nitrogen and oxygen atoms in total. The molecule has 114 valence electrons. The third-order valence-corrected chi connectivity index (χ3v) is 5.54. The molecule has 0 fully saturated rings. The number of nitrogens with one attached hydrogen (secondary N) is 1. The molecule has 2 aromatic heterocycles. The van der Waals surface area contributed by atoms with Gasteiger partial charge >= 0.3 is 0 Å². The Bertz CT molecular complexity index is 853. The van der Waals surface area contributed by atoms with Gasteiger partial charge in [-0.3, -0.25) is 0 Å². The standard InChI is InChI=1S/C15H12ClNO3S2/c16-11-3-6-13(7-4-11)22(18,19)17-10-12-5-8-14(20-12)15-2-1-9-21-15/h1-9,17H,10H2. The Morgan fingerprint density at radius 2 is 1.86 bits per heavy atom. The molecule has 1 N–H and O–H groups in total. The highest BCUT2D eigenvalue weighted by Gasteiger charge is 2.14. The zero-order valence-electron chi connectivity index (χ0n) is 11.3. The second-order valence-electron chi connectivity index (χ2n) is 4.52. The number of thiophene rings is 1. The van der Waals surface area contributed by atoms with Crippen molar-refractivity contribution < 1.29 is 12.8 Å². The van der Waals surface area contributed by atoms with Gasteiger partial charge in [-0.15, -0.1) is 11.3 Å². The average Bonchev–Trinajstić information content (AvgIpc) is 3.17. The molecule has 0 aliphatic heterocycles. The molecule has 22 heavy (non-hydrogen) atoms. The summed E-state index contributed by atoms with van der Waals surface area (Å²) in [5.74, 6) is 1.29. The molecule has 0 unspecified atom stereocenters. The van der Waals surface area contributed by atoms with Crippen molar-refractivity contribution in [3.8, 4) is 10.6 Å². The maximum Gasteiger partial charge on any atom is 0.240 e. The molecule has 7 heteroatoms.